The molecular formula is C9H14O2. The van der Waals surface area contributed by atoms with Crippen molar-refractivity contribution < 1.29 is 9.53 Å². The van der Waals surface area contributed by atoms with Crippen LogP contribution in [0.4, 0.5) is 0 Å². The van der Waals surface area contributed by atoms with Crippen molar-refractivity contribution >= 4 is 5.78 Å². The van der Waals surface area contributed by atoms with Gasteiger partial charge in [-0.3, -0.25) is 4.79 Å². The fourth-order valence-electron chi connectivity index (χ4n) is 1.04. The van der Waals surface area contributed by atoms with Crippen molar-refractivity contribution in [2.45, 2.75) is 32.6 Å². The molecule has 0 aromatic carbocycles. The molecule has 0 aromatic rings. The lowest BCUT2D eigenvalue weighted by molar-refractivity contribution is -0.118. The number of unbranched alkanes of at least 4 members (excludes halogenated alkanes) is 1. The van der Waals surface area contributed by atoms with Crippen LogP contribution in [0, 0.1) is 0 Å². The van der Waals surface area contributed by atoms with E-state index in [1.165, 1.54) is 0 Å². The Bertz CT molecular complexity index is 170. The van der Waals surface area contributed by atoms with E-state index < -0.39 is 0 Å². The minimum Gasteiger partial charge on any atom is -0.490 e. The van der Waals surface area contributed by atoms with Gasteiger partial charge in [0.25, 0.3) is 0 Å². The summed E-state index contributed by atoms with van der Waals surface area (Å²) in [5.41, 5.74) is 0. The maximum atomic E-state index is 11.0. The van der Waals surface area contributed by atoms with Gasteiger partial charge in [-0.25, -0.2) is 0 Å². The smallest absolute Gasteiger partial charge is 0.197 e. The Kier molecular flexibility index (Phi) is 3.14. The molecule has 2 nitrogen and oxygen atoms in total. The Morgan fingerprint density at radius 2 is 2.45 bits per heavy atom. The molecule has 2 heteroatoms. The molecule has 0 unspecified atom stereocenters. The zero-order chi connectivity index (χ0) is 8.10. The molecule has 0 aromatic heterocycles. The van der Waals surface area contributed by atoms with Crippen LogP contribution in [-0.2, 0) is 9.53 Å². The zero-order valence-corrected chi connectivity index (χ0v) is 6.93. The van der Waals surface area contributed by atoms with Crippen molar-refractivity contribution in [1.29, 1.82) is 0 Å². The quantitative estimate of drug-likeness (QED) is 0.579. The predicted octanol–water partition coefficient (Wildman–Crippen LogP) is 2.05. The first kappa shape index (κ1) is 8.31. The van der Waals surface area contributed by atoms with Gasteiger partial charge in [0, 0.05) is 6.42 Å². The average molecular weight is 154 g/mol. The second-order valence-corrected chi connectivity index (χ2v) is 2.73. The first-order chi connectivity index (χ1) is 5.34. The second kappa shape index (κ2) is 4.16. The molecule has 11 heavy (non-hydrogen) atoms. The van der Waals surface area contributed by atoms with Gasteiger partial charge in [-0.15, -0.1) is 0 Å². The Morgan fingerprint density at radius 3 is 3.00 bits per heavy atom. The monoisotopic (exact) mass is 154 g/mol. The van der Waals surface area contributed by atoms with Crippen molar-refractivity contribution in [3.8, 4) is 0 Å². The standard InChI is InChI=1S/C9H14O2/c1-2-3-7-11-9-6-4-5-8(9)10/h6H,2-5,7H2,1H3. The topological polar surface area (TPSA) is 26.3 Å². The van der Waals surface area contributed by atoms with Gasteiger partial charge >= 0.3 is 0 Å². The summed E-state index contributed by atoms with van der Waals surface area (Å²) in [7, 11) is 0. The van der Waals surface area contributed by atoms with Crippen LogP contribution in [0.5, 0.6) is 0 Å². The minimum atomic E-state index is 0.168. The molecule has 0 radical (unpaired) electrons. The summed E-state index contributed by atoms with van der Waals surface area (Å²) in [5, 5.41) is 0. The summed E-state index contributed by atoms with van der Waals surface area (Å²) in [6.45, 7) is 2.79. The van der Waals surface area contributed by atoms with Gasteiger partial charge in [-0.2, -0.15) is 0 Å². The van der Waals surface area contributed by atoms with Crippen molar-refractivity contribution in [2.24, 2.45) is 0 Å². The summed E-state index contributed by atoms with van der Waals surface area (Å²) in [4.78, 5) is 11.0. The number of Topliss-reactive ketones (excluding diaryl/α,β-unsaturated/α-hetero) is 1. The van der Waals surface area contributed by atoms with Gasteiger partial charge < -0.3 is 4.74 Å². The van der Waals surface area contributed by atoms with Crippen molar-refractivity contribution in [2.75, 3.05) is 6.61 Å². The van der Waals surface area contributed by atoms with E-state index in [1.54, 1.807) is 0 Å². The fraction of sp³-hybridized carbons (Fsp3) is 0.667. The average Bonchev–Trinajstić information content (AvgIpc) is 2.37. The summed E-state index contributed by atoms with van der Waals surface area (Å²) < 4.78 is 5.27. The van der Waals surface area contributed by atoms with Crippen LogP contribution < -0.4 is 0 Å². The van der Waals surface area contributed by atoms with Crippen LogP contribution in [0.3, 0.4) is 0 Å². The number of allylic oxidation sites excluding steroid dienone is 2. The van der Waals surface area contributed by atoms with Crippen LogP contribution in [0.15, 0.2) is 11.8 Å². The number of ether oxygens (including phenoxy) is 1. The summed E-state index contributed by atoms with van der Waals surface area (Å²) in [6.07, 6.45) is 5.53. The van der Waals surface area contributed by atoms with Crippen molar-refractivity contribution in [3.05, 3.63) is 11.8 Å². The van der Waals surface area contributed by atoms with Crippen LogP contribution in [0.25, 0.3) is 0 Å². The predicted molar refractivity (Wildman–Crippen MR) is 43.2 cm³/mol. The molecule has 0 N–H and O–H groups in total. The maximum absolute atomic E-state index is 11.0. The van der Waals surface area contributed by atoms with E-state index in [0.29, 0.717) is 18.8 Å². The van der Waals surface area contributed by atoms with E-state index in [9.17, 15) is 4.79 Å². The normalized spacial score (nSPS) is 16.8. The lowest BCUT2D eigenvalue weighted by Crippen LogP contribution is -2.01. The molecule has 0 saturated heterocycles. The Morgan fingerprint density at radius 1 is 1.64 bits per heavy atom. The highest BCUT2D eigenvalue weighted by molar-refractivity contribution is 5.95. The van der Waals surface area contributed by atoms with E-state index in [-0.39, 0.29) is 5.78 Å². The SMILES string of the molecule is CCCCOC1=CCCC1=O. The van der Waals surface area contributed by atoms with Gasteiger partial charge in [0.05, 0.1) is 6.61 Å². The van der Waals surface area contributed by atoms with Crippen molar-refractivity contribution in [3.63, 3.8) is 0 Å². The molecule has 0 fully saturated rings. The number of hydrogen-bond donors (Lipinski definition) is 0. The molecule has 0 spiro atoms. The molecule has 0 amide bonds. The van der Waals surface area contributed by atoms with E-state index in [1.807, 2.05) is 6.08 Å². The highest BCUT2D eigenvalue weighted by Crippen LogP contribution is 2.14. The first-order valence-corrected chi connectivity index (χ1v) is 4.20. The largest absolute Gasteiger partial charge is 0.490 e. The molecule has 1 rings (SSSR count). The van der Waals surface area contributed by atoms with Crippen molar-refractivity contribution in [1.82, 2.24) is 0 Å². The van der Waals surface area contributed by atoms with Crippen LogP contribution in [-0.4, -0.2) is 12.4 Å². The second-order valence-electron chi connectivity index (χ2n) is 2.73. The maximum Gasteiger partial charge on any atom is 0.197 e. The number of carbonyl (C=O) groups excluding carboxylic acids is 1. The Hall–Kier alpha value is -0.790. The summed E-state index contributed by atoms with van der Waals surface area (Å²) >= 11 is 0. The molecular weight excluding hydrogens is 140 g/mol. The molecule has 0 bridgehead atoms. The van der Waals surface area contributed by atoms with Gasteiger partial charge in [-0.1, -0.05) is 13.3 Å². The van der Waals surface area contributed by atoms with E-state index in [2.05, 4.69) is 6.92 Å². The van der Waals surface area contributed by atoms with Gasteiger partial charge in [0.2, 0.25) is 0 Å². The molecule has 0 saturated carbocycles. The fourth-order valence-corrected chi connectivity index (χ4v) is 1.04. The van der Waals surface area contributed by atoms with Crippen LogP contribution >= 0.6 is 0 Å². The minimum absolute atomic E-state index is 0.168. The molecule has 62 valence electrons. The van der Waals surface area contributed by atoms with Crippen LogP contribution in [0.1, 0.15) is 32.6 Å². The molecule has 1 aliphatic carbocycles. The number of hydrogen-bond acceptors (Lipinski definition) is 2. The zero-order valence-electron chi connectivity index (χ0n) is 6.93. The highest BCUT2D eigenvalue weighted by Gasteiger charge is 2.15. The number of rotatable bonds is 4. The molecule has 0 atom stereocenters. The number of carbonyl (C=O) groups is 1. The third kappa shape index (κ3) is 2.37. The van der Waals surface area contributed by atoms with Gasteiger partial charge in [0.1, 0.15) is 0 Å². The molecule has 0 aliphatic heterocycles. The third-order valence-corrected chi connectivity index (χ3v) is 1.73. The van der Waals surface area contributed by atoms with E-state index >= 15 is 0 Å². The Balaban J connectivity index is 2.20. The number of ketones is 1. The van der Waals surface area contributed by atoms with E-state index in [0.717, 1.165) is 19.3 Å². The first-order valence-electron chi connectivity index (χ1n) is 4.20. The van der Waals surface area contributed by atoms with Gasteiger partial charge in [-0.05, 0) is 18.9 Å². The van der Waals surface area contributed by atoms with E-state index in [4.69, 9.17) is 4.74 Å². The lowest BCUT2D eigenvalue weighted by atomic mass is 10.3. The molecule has 0 heterocycles. The molecule has 1 aliphatic rings. The van der Waals surface area contributed by atoms with Crippen LogP contribution in [0.2, 0.25) is 0 Å². The summed E-state index contributed by atoms with van der Waals surface area (Å²) in [6, 6.07) is 0. The third-order valence-electron chi connectivity index (χ3n) is 1.73. The summed E-state index contributed by atoms with van der Waals surface area (Å²) in [5.74, 6) is 0.763. The van der Waals surface area contributed by atoms with Gasteiger partial charge in [0.15, 0.2) is 11.5 Å². The highest BCUT2D eigenvalue weighted by atomic mass is 16.5. The lowest BCUT2D eigenvalue weighted by Gasteiger charge is -2.03. The Labute approximate surface area is 67.2 Å².